The van der Waals surface area contributed by atoms with Gasteiger partial charge < -0.3 is 29.9 Å². The summed E-state index contributed by atoms with van der Waals surface area (Å²) in [5.41, 5.74) is 1.20. The van der Waals surface area contributed by atoms with Crippen LogP contribution >= 0.6 is 0 Å². The van der Waals surface area contributed by atoms with Gasteiger partial charge in [-0.15, -0.1) is 0 Å². The highest BCUT2D eigenvalue weighted by molar-refractivity contribution is 5.98. The lowest BCUT2D eigenvalue weighted by Crippen LogP contribution is -2.51. The van der Waals surface area contributed by atoms with Gasteiger partial charge in [0.2, 0.25) is 11.8 Å². The lowest BCUT2D eigenvalue weighted by atomic mass is 10.1. The molecule has 3 heterocycles. The maximum absolute atomic E-state index is 15.1. The molecule has 3 aliphatic rings. The second-order valence-electron chi connectivity index (χ2n) is 9.51. The number of alkyl carbamates (subject to hydrolysis) is 1. The standard InChI is InChI=1S/C26H32F2N6O6/c1-3-39-25(37)31-13-19-15-34(26(38)40-19)18-10-20(27)23(21(28)11-18)33-8-6-32(7-9-33)22(35)14-30-24(36)17-5-4-16(2)29-12-17/h5,10-11,19H,3-4,6-9,12-15H2,1-2H3,(H,30,36)(H,31,37). The molecule has 0 spiro atoms. The number of nitrogens with zero attached hydrogens (tertiary/aromatic N) is 4. The Morgan fingerprint density at radius 2 is 1.82 bits per heavy atom. The minimum absolute atomic E-state index is 0.00900. The zero-order valence-electron chi connectivity index (χ0n) is 22.4. The third kappa shape index (κ3) is 6.85. The fourth-order valence-electron chi connectivity index (χ4n) is 4.57. The lowest BCUT2D eigenvalue weighted by molar-refractivity contribution is -0.132. The number of anilines is 2. The molecule has 1 aromatic carbocycles. The molecule has 1 aromatic rings. The zero-order valence-corrected chi connectivity index (χ0v) is 22.4. The van der Waals surface area contributed by atoms with E-state index in [1.807, 2.05) is 6.92 Å². The fourth-order valence-corrected chi connectivity index (χ4v) is 4.57. The fraction of sp³-hybridized carbons (Fsp3) is 0.500. The second kappa shape index (κ2) is 12.7. The summed E-state index contributed by atoms with van der Waals surface area (Å²) in [6, 6.07) is 2.11. The van der Waals surface area contributed by atoms with Gasteiger partial charge in [0.25, 0.3) is 0 Å². The van der Waals surface area contributed by atoms with E-state index in [-0.39, 0.29) is 82.2 Å². The Bertz CT molecular complexity index is 1210. The molecule has 3 aliphatic heterocycles. The molecule has 2 N–H and O–H groups in total. The van der Waals surface area contributed by atoms with E-state index in [1.54, 1.807) is 13.0 Å². The number of dihydropyridines is 1. The number of halogens is 2. The smallest absolute Gasteiger partial charge is 0.414 e. The first-order valence-electron chi connectivity index (χ1n) is 13.0. The number of amides is 4. The predicted octanol–water partition coefficient (Wildman–Crippen LogP) is 1.59. The van der Waals surface area contributed by atoms with Crippen LogP contribution < -0.4 is 20.4 Å². The molecule has 4 rings (SSSR count). The summed E-state index contributed by atoms with van der Waals surface area (Å²) in [4.78, 5) is 57.0. The number of carbonyl (C=O) groups excluding carboxylic acids is 4. The number of nitrogens with one attached hydrogen (secondary N) is 2. The zero-order chi connectivity index (χ0) is 28.8. The number of ether oxygens (including phenoxy) is 2. The molecule has 2 fully saturated rings. The summed E-state index contributed by atoms with van der Waals surface area (Å²) in [5.74, 6) is -2.35. The van der Waals surface area contributed by atoms with E-state index in [4.69, 9.17) is 9.47 Å². The monoisotopic (exact) mass is 562 g/mol. The highest BCUT2D eigenvalue weighted by Gasteiger charge is 2.34. The van der Waals surface area contributed by atoms with Crippen molar-refractivity contribution in [2.75, 3.05) is 68.8 Å². The molecule has 216 valence electrons. The summed E-state index contributed by atoms with van der Waals surface area (Å²) in [5, 5.41) is 5.07. The van der Waals surface area contributed by atoms with Crippen LogP contribution in [-0.4, -0.2) is 99.7 Å². The van der Waals surface area contributed by atoms with E-state index >= 15 is 8.78 Å². The Balaban J connectivity index is 1.29. The van der Waals surface area contributed by atoms with Crippen LogP contribution in [0, 0.1) is 11.6 Å². The first-order valence-corrected chi connectivity index (χ1v) is 13.0. The van der Waals surface area contributed by atoms with Crippen molar-refractivity contribution in [2.45, 2.75) is 26.4 Å². The average Bonchev–Trinajstić information content (AvgIpc) is 3.31. The van der Waals surface area contributed by atoms with Gasteiger partial charge in [0, 0.05) is 56.0 Å². The molecular formula is C26H32F2N6O6. The Morgan fingerprint density at radius 3 is 2.45 bits per heavy atom. The van der Waals surface area contributed by atoms with Crippen LogP contribution in [0.25, 0.3) is 0 Å². The van der Waals surface area contributed by atoms with Crippen LogP contribution in [0.2, 0.25) is 0 Å². The Kier molecular flexibility index (Phi) is 9.17. The Morgan fingerprint density at radius 1 is 1.12 bits per heavy atom. The van der Waals surface area contributed by atoms with Crippen molar-refractivity contribution in [3.05, 3.63) is 35.4 Å². The SMILES string of the molecule is CCOC(=O)NCC1CN(c2cc(F)c(N3CCN(C(=O)CNC(=O)C4=CCC(C)=NC4)CC3)c(F)c2)C(=O)O1. The van der Waals surface area contributed by atoms with Crippen molar-refractivity contribution in [1.29, 1.82) is 0 Å². The van der Waals surface area contributed by atoms with Crippen LogP contribution in [0.4, 0.5) is 29.7 Å². The molecule has 14 heteroatoms. The third-order valence-corrected chi connectivity index (χ3v) is 6.74. The van der Waals surface area contributed by atoms with Crippen molar-refractivity contribution >= 4 is 41.1 Å². The molecule has 0 saturated carbocycles. The molecule has 40 heavy (non-hydrogen) atoms. The van der Waals surface area contributed by atoms with Crippen molar-refractivity contribution in [2.24, 2.45) is 4.99 Å². The number of cyclic esters (lactones) is 1. The summed E-state index contributed by atoms with van der Waals surface area (Å²) >= 11 is 0. The van der Waals surface area contributed by atoms with Crippen molar-refractivity contribution < 1.29 is 37.4 Å². The normalized spacial score (nSPS) is 19.1. The number of carbonyl (C=O) groups is 4. The number of piperazine rings is 1. The largest absolute Gasteiger partial charge is 0.450 e. The molecule has 4 amide bonds. The molecule has 0 aliphatic carbocycles. The number of hydrogen-bond acceptors (Lipinski definition) is 8. The van der Waals surface area contributed by atoms with E-state index < -0.39 is 29.9 Å². The van der Waals surface area contributed by atoms with E-state index in [2.05, 4.69) is 15.6 Å². The van der Waals surface area contributed by atoms with E-state index in [0.29, 0.717) is 12.0 Å². The summed E-state index contributed by atoms with van der Waals surface area (Å²) in [6.45, 7) is 4.60. The first kappa shape index (κ1) is 28.8. The van der Waals surface area contributed by atoms with E-state index in [9.17, 15) is 19.2 Å². The summed E-state index contributed by atoms with van der Waals surface area (Å²) < 4.78 is 40.1. The Labute approximate surface area is 230 Å². The highest BCUT2D eigenvalue weighted by atomic mass is 19.1. The summed E-state index contributed by atoms with van der Waals surface area (Å²) in [7, 11) is 0. The average molecular weight is 563 g/mol. The number of rotatable bonds is 8. The van der Waals surface area contributed by atoms with Crippen LogP contribution in [-0.2, 0) is 19.1 Å². The molecule has 0 aromatic heterocycles. The number of benzene rings is 1. The molecule has 0 radical (unpaired) electrons. The highest BCUT2D eigenvalue weighted by Crippen LogP contribution is 2.31. The minimum atomic E-state index is -0.860. The molecule has 2 saturated heterocycles. The molecular weight excluding hydrogens is 530 g/mol. The van der Waals surface area contributed by atoms with Crippen molar-refractivity contribution in [3.8, 4) is 0 Å². The van der Waals surface area contributed by atoms with Crippen LogP contribution in [0.1, 0.15) is 20.3 Å². The van der Waals surface area contributed by atoms with Gasteiger partial charge in [0.1, 0.15) is 11.8 Å². The molecule has 12 nitrogen and oxygen atoms in total. The third-order valence-electron chi connectivity index (χ3n) is 6.74. The Hall–Kier alpha value is -4.23. The van der Waals surface area contributed by atoms with Crippen molar-refractivity contribution in [3.63, 3.8) is 0 Å². The quantitative estimate of drug-likeness (QED) is 0.492. The number of hydrogen-bond donors (Lipinski definition) is 2. The predicted molar refractivity (Wildman–Crippen MR) is 141 cm³/mol. The number of aliphatic imine (C=N–C) groups is 1. The van der Waals surface area contributed by atoms with Gasteiger partial charge in [0.15, 0.2) is 11.6 Å². The maximum Gasteiger partial charge on any atom is 0.414 e. The van der Waals surface area contributed by atoms with Gasteiger partial charge in [-0.2, -0.15) is 0 Å². The van der Waals surface area contributed by atoms with Gasteiger partial charge >= 0.3 is 12.2 Å². The van der Waals surface area contributed by atoms with Gasteiger partial charge in [-0.25, -0.2) is 18.4 Å². The number of allylic oxidation sites excluding steroid dienone is 1. The molecule has 1 unspecified atom stereocenters. The maximum atomic E-state index is 15.1. The topological polar surface area (TPSA) is 133 Å². The van der Waals surface area contributed by atoms with Crippen LogP contribution in [0.3, 0.4) is 0 Å². The van der Waals surface area contributed by atoms with Gasteiger partial charge in [0.05, 0.1) is 38.5 Å². The van der Waals surface area contributed by atoms with Crippen LogP contribution in [0.15, 0.2) is 28.8 Å². The van der Waals surface area contributed by atoms with Gasteiger partial charge in [-0.3, -0.25) is 19.5 Å². The summed E-state index contributed by atoms with van der Waals surface area (Å²) in [6.07, 6.45) is 0.236. The molecule has 1 atom stereocenters. The van der Waals surface area contributed by atoms with E-state index in [1.165, 1.54) is 9.80 Å². The van der Waals surface area contributed by atoms with E-state index in [0.717, 1.165) is 22.7 Å². The first-order chi connectivity index (χ1) is 19.2. The second-order valence-corrected chi connectivity index (χ2v) is 9.51. The van der Waals surface area contributed by atoms with Crippen LogP contribution in [0.5, 0.6) is 0 Å². The molecule has 0 bridgehead atoms. The van der Waals surface area contributed by atoms with Gasteiger partial charge in [-0.05, 0) is 13.8 Å². The van der Waals surface area contributed by atoms with Gasteiger partial charge in [-0.1, -0.05) is 6.08 Å². The lowest BCUT2D eigenvalue weighted by Gasteiger charge is -2.36. The minimum Gasteiger partial charge on any atom is -0.450 e. The van der Waals surface area contributed by atoms with Crippen molar-refractivity contribution in [1.82, 2.24) is 15.5 Å².